The maximum atomic E-state index is 14.7. The largest absolute Gasteiger partial charge is 0.501 e. The van der Waals surface area contributed by atoms with Crippen molar-refractivity contribution in [2.24, 2.45) is 0 Å². The van der Waals surface area contributed by atoms with E-state index in [1.54, 1.807) is 11.0 Å². The summed E-state index contributed by atoms with van der Waals surface area (Å²) >= 11 is 7.21. The third-order valence-corrected chi connectivity index (χ3v) is 17.7. The minimum Gasteiger partial charge on any atom is -0.380 e. The predicted molar refractivity (Wildman–Crippen MR) is 265 cm³/mol. The molecule has 5 aromatic rings. The summed E-state index contributed by atoms with van der Waals surface area (Å²) in [7, 11) is -9.45. The number of likely N-dealkylation sites (N-methyl/N-ethyl adjacent to an activating group) is 1. The molecule has 2 fully saturated rings. The number of piperazine rings is 1. The van der Waals surface area contributed by atoms with Gasteiger partial charge in [0.1, 0.15) is 16.5 Å². The number of sulfone groups is 1. The average molecular weight is 1080 g/mol. The Balaban J connectivity index is 1.03. The quantitative estimate of drug-likeness (QED) is 0.0721. The summed E-state index contributed by atoms with van der Waals surface area (Å²) < 4.78 is 168. The van der Waals surface area contributed by atoms with E-state index in [4.69, 9.17) is 11.6 Å². The first-order valence-electron chi connectivity index (χ1n) is 23.8. The molecule has 388 valence electrons. The Morgan fingerprint density at radius 3 is 2.22 bits per heavy atom. The molecule has 72 heavy (non-hydrogen) atoms. The number of benzene rings is 4. The molecule has 3 aliphatic rings. The van der Waals surface area contributed by atoms with Crippen LogP contribution in [0, 0.1) is 5.82 Å². The number of aromatic nitrogens is 2. The van der Waals surface area contributed by atoms with E-state index in [0.29, 0.717) is 56.7 Å². The number of fused-ring (bicyclic) bond motifs is 1. The van der Waals surface area contributed by atoms with Crippen LogP contribution in [0.3, 0.4) is 0 Å². The summed E-state index contributed by atoms with van der Waals surface area (Å²) in [5.41, 5.74) is -3.61. The number of nitrogens with zero attached hydrogens (tertiary/aromatic N) is 6. The summed E-state index contributed by atoms with van der Waals surface area (Å²) in [5.74, 6) is -2.94. The smallest absolute Gasteiger partial charge is 0.380 e. The highest BCUT2D eigenvalue weighted by Gasteiger charge is 2.49. The Morgan fingerprint density at radius 2 is 1.54 bits per heavy atom. The maximum absolute atomic E-state index is 14.7. The van der Waals surface area contributed by atoms with E-state index in [1.165, 1.54) is 18.2 Å². The summed E-state index contributed by atoms with van der Waals surface area (Å²) in [5, 5.41) is 3.48. The molecule has 8 rings (SSSR count). The van der Waals surface area contributed by atoms with Gasteiger partial charge in [0.15, 0.2) is 0 Å². The molecular weight excluding hydrogens is 1030 g/mol. The first-order chi connectivity index (χ1) is 34.4. The van der Waals surface area contributed by atoms with E-state index in [-0.39, 0.29) is 53.9 Å². The molecule has 0 radical (unpaired) electrons. The van der Waals surface area contributed by atoms with Crippen LogP contribution in [0.5, 0.6) is 0 Å². The van der Waals surface area contributed by atoms with Gasteiger partial charge in [-0.3, -0.25) is 14.5 Å². The van der Waals surface area contributed by atoms with Gasteiger partial charge in [-0.25, -0.2) is 31.2 Å². The molecule has 0 spiro atoms. The van der Waals surface area contributed by atoms with Crippen LogP contribution < -0.4 is 10.0 Å². The molecule has 0 aliphatic carbocycles. The van der Waals surface area contributed by atoms with Crippen molar-refractivity contribution in [2.75, 3.05) is 75.2 Å². The predicted octanol–water partition coefficient (Wildman–Crippen LogP) is 9.84. The third-order valence-electron chi connectivity index (χ3n) is 13.4. The second kappa shape index (κ2) is 22.1. The molecular formula is C49H54ClF7N8O4S3. The normalized spacial score (nSPS) is 18.8. The maximum Gasteiger partial charge on any atom is 0.501 e. The highest BCUT2D eigenvalue weighted by Crippen LogP contribution is 2.40. The van der Waals surface area contributed by atoms with Gasteiger partial charge in [-0.2, -0.15) is 26.3 Å². The molecule has 0 unspecified atom stereocenters. The van der Waals surface area contributed by atoms with Crippen LogP contribution in [-0.4, -0.2) is 129 Å². The van der Waals surface area contributed by atoms with E-state index < -0.39 is 76.5 Å². The number of thioether (sulfide) groups is 1. The lowest BCUT2D eigenvalue weighted by molar-refractivity contribution is -0.145. The van der Waals surface area contributed by atoms with Crippen molar-refractivity contribution in [2.45, 2.75) is 83.6 Å². The van der Waals surface area contributed by atoms with Crippen molar-refractivity contribution in [1.29, 1.82) is 0 Å². The van der Waals surface area contributed by atoms with Crippen molar-refractivity contribution < 1.29 is 48.9 Å². The number of anilines is 2. The van der Waals surface area contributed by atoms with Crippen LogP contribution in [-0.2, 0) is 39.0 Å². The van der Waals surface area contributed by atoms with Crippen LogP contribution in [0.2, 0.25) is 5.02 Å². The number of nitrogens with one attached hydrogen (secondary N) is 2. The molecule has 2 saturated heterocycles. The van der Waals surface area contributed by atoms with Gasteiger partial charge in [-0.15, -0.1) is 11.8 Å². The van der Waals surface area contributed by atoms with Crippen LogP contribution in [0.4, 0.5) is 42.2 Å². The minimum absolute atomic E-state index is 0.0155. The Morgan fingerprint density at radius 1 is 0.861 bits per heavy atom. The summed E-state index contributed by atoms with van der Waals surface area (Å²) in [4.78, 5) is 13.4. The summed E-state index contributed by atoms with van der Waals surface area (Å²) in [6.07, 6.45) is -4.36. The monoisotopic (exact) mass is 1080 g/mol. The minimum atomic E-state index is -6.27. The Hall–Kier alpha value is -4.55. The van der Waals surface area contributed by atoms with Crippen LogP contribution in [0.1, 0.15) is 56.2 Å². The van der Waals surface area contributed by atoms with Gasteiger partial charge in [-0.1, -0.05) is 60.1 Å². The van der Waals surface area contributed by atoms with Gasteiger partial charge in [0.2, 0.25) is 5.82 Å². The van der Waals surface area contributed by atoms with E-state index in [2.05, 4.69) is 36.9 Å². The lowest BCUT2D eigenvalue weighted by atomic mass is 9.92. The van der Waals surface area contributed by atoms with E-state index in [1.807, 2.05) is 60.3 Å². The van der Waals surface area contributed by atoms with Gasteiger partial charge in [-0.05, 0) is 98.8 Å². The Kier molecular flexibility index (Phi) is 16.1. The number of piperidine rings is 1. The summed E-state index contributed by atoms with van der Waals surface area (Å²) in [6, 6.07) is 21.3. The number of alkyl halides is 6. The van der Waals surface area contributed by atoms with E-state index >= 15 is 0 Å². The van der Waals surface area contributed by atoms with Crippen LogP contribution in [0.15, 0.2) is 106 Å². The molecule has 1 aromatic heterocycles. The van der Waals surface area contributed by atoms with Gasteiger partial charge in [0.25, 0.3) is 19.9 Å². The summed E-state index contributed by atoms with van der Waals surface area (Å²) in [6.45, 7) is 6.25. The zero-order chi connectivity index (χ0) is 52.5. The average Bonchev–Trinajstić information content (AvgIpc) is 3.35. The van der Waals surface area contributed by atoms with Crippen molar-refractivity contribution in [1.82, 2.24) is 29.6 Å². The van der Waals surface area contributed by atoms with Gasteiger partial charge in [0, 0.05) is 99.6 Å². The fraction of sp³-hybridized carbons (Fsp3) is 0.429. The molecule has 0 bridgehead atoms. The van der Waals surface area contributed by atoms with E-state index in [9.17, 15) is 48.9 Å². The lowest BCUT2D eigenvalue weighted by Crippen LogP contribution is -2.47. The first-order valence-corrected chi connectivity index (χ1v) is 27.6. The van der Waals surface area contributed by atoms with Gasteiger partial charge >= 0.3 is 11.7 Å². The zero-order valence-corrected chi connectivity index (χ0v) is 42.5. The fourth-order valence-electron chi connectivity index (χ4n) is 9.25. The second-order valence-corrected chi connectivity index (χ2v) is 23.2. The van der Waals surface area contributed by atoms with Crippen molar-refractivity contribution in [3.63, 3.8) is 0 Å². The lowest BCUT2D eigenvalue weighted by Gasteiger charge is -2.42. The molecule has 4 heterocycles. The zero-order valence-electron chi connectivity index (χ0n) is 40.3. The molecule has 2 atom stereocenters. The highest BCUT2D eigenvalue weighted by molar-refractivity contribution is 7.99. The molecule has 2 N–H and O–H groups in total. The fourth-order valence-corrected chi connectivity index (χ4v) is 12.5. The number of hydrogen-bond donors (Lipinski definition) is 2. The molecule has 0 saturated carbocycles. The number of hydrogen-bond acceptors (Lipinski definition) is 12. The SMILES string of the molecule is [2H]C1(N2CCc3c(nc(C(F)(F)F)nc3NS(=O)(=O)c3ccc(N[C@H](CCN4CCN(C)CC4)CSc4ccccc4F)c(S(=O)(=O)C(F)(F)F)c3)C2)CCN([C@@H](C)c2ccccc2-c2ccc(Cl)cc2)CC1. The number of rotatable bonds is 16. The van der Waals surface area contributed by atoms with Crippen molar-refractivity contribution >= 4 is 54.7 Å². The van der Waals surface area contributed by atoms with Crippen molar-refractivity contribution in [3.05, 3.63) is 124 Å². The third kappa shape index (κ3) is 12.5. The topological polar surface area (TPSA) is 131 Å². The number of sulfonamides is 1. The number of likely N-dealkylation sites (tertiary alicyclic amines) is 1. The van der Waals surface area contributed by atoms with Gasteiger partial charge in [0.05, 0.1) is 16.3 Å². The highest BCUT2D eigenvalue weighted by atomic mass is 35.5. The molecule has 4 aromatic carbocycles. The van der Waals surface area contributed by atoms with Gasteiger partial charge < -0.3 is 15.1 Å². The Bertz CT molecular complexity index is 3000. The molecule has 0 amide bonds. The first kappa shape index (κ1) is 52.3. The molecule has 12 nitrogen and oxygen atoms in total. The van der Waals surface area contributed by atoms with E-state index in [0.717, 1.165) is 53.7 Å². The Labute approximate surface area is 425 Å². The molecule has 3 aliphatic heterocycles. The van der Waals surface area contributed by atoms with Crippen LogP contribution >= 0.6 is 23.4 Å². The molecule has 23 heteroatoms. The standard InChI is InChI=1S/C49H54ClF7N8O4S3/c1-32(38-7-3-4-8-39(38)33-11-13-34(50)14-12-33)64-22-18-36(19-23-64)65-24-20-40-43(30-65)59-47(48(52,53)54)60-46(40)61-72(68,69)37-15-16-42(45(29-37)71(66,67)49(55,56)57)58-35(17-21-63-27-25-62(2)26-28-63)31-70-44-10-6-5-9-41(44)51/h3-16,29,32,35-36,58H,17-28,30-31H2,1-2H3,(H,59,60,61)/t32-,35+/m0/s1/i36D. The second-order valence-electron chi connectivity index (χ2n) is 18.1. The number of halogens is 8. The van der Waals surface area contributed by atoms with Crippen molar-refractivity contribution in [3.8, 4) is 11.1 Å². The van der Waals surface area contributed by atoms with Crippen LogP contribution in [0.25, 0.3) is 11.1 Å².